The highest BCUT2D eigenvalue weighted by atomic mass is 19.1. The summed E-state index contributed by atoms with van der Waals surface area (Å²) in [6.45, 7) is 4.95. The van der Waals surface area contributed by atoms with Crippen molar-refractivity contribution in [1.82, 2.24) is 5.32 Å². The number of rotatable bonds is 5. The molecule has 0 bridgehead atoms. The highest BCUT2D eigenvalue weighted by Gasteiger charge is 2.45. The predicted octanol–water partition coefficient (Wildman–Crippen LogP) is 3.35. The second-order valence-electron chi connectivity index (χ2n) is 5.11. The van der Waals surface area contributed by atoms with E-state index in [0.29, 0.717) is 0 Å². The van der Waals surface area contributed by atoms with Crippen LogP contribution in [0.4, 0.5) is 4.39 Å². The van der Waals surface area contributed by atoms with E-state index in [9.17, 15) is 4.39 Å². The Hall–Kier alpha value is -0.930. The van der Waals surface area contributed by atoms with E-state index in [1.54, 1.807) is 13.2 Å². The Balaban J connectivity index is 2.37. The van der Waals surface area contributed by atoms with Crippen molar-refractivity contribution in [3.8, 4) is 0 Å². The second kappa shape index (κ2) is 5.37. The molecule has 1 aromatic rings. The fourth-order valence-corrected chi connectivity index (χ4v) is 2.84. The zero-order chi connectivity index (χ0) is 13.2. The number of benzene rings is 1. The first-order chi connectivity index (χ1) is 8.63. The van der Waals surface area contributed by atoms with Gasteiger partial charge in [0, 0.05) is 7.11 Å². The van der Waals surface area contributed by atoms with E-state index >= 15 is 0 Å². The van der Waals surface area contributed by atoms with Crippen LogP contribution in [0.1, 0.15) is 43.4 Å². The number of ether oxygens (including phenoxy) is 1. The SMILES string of the molecule is CCNC(c1cc(F)ccc1C)C1(OC)CCC1. The van der Waals surface area contributed by atoms with Gasteiger partial charge in [-0.15, -0.1) is 0 Å². The maximum Gasteiger partial charge on any atom is 0.123 e. The number of aryl methyl sites for hydroxylation is 1. The molecule has 1 fully saturated rings. The molecule has 0 saturated heterocycles. The molecule has 1 aliphatic carbocycles. The molecule has 0 spiro atoms. The average Bonchev–Trinajstić information content (AvgIpc) is 2.31. The zero-order valence-corrected chi connectivity index (χ0v) is 11.4. The quantitative estimate of drug-likeness (QED) is 0.866. The van der Waals surface area contributed by atoms with Crippen LogP contribution < -0.4 is 5.32 Å². The minimum Gasteiger partial charge on any atom is -0.376 e. The van der Waals surface area contributed by atoms with Crippen LogP contribution in [-0.4, -0.2) is 19.3 Å². The monoisotopic (exact) mass is 251 g/mol. The van der Waals surface area contributed by atoms with Crippen LogP contribution in [0, 0.1) is 12.7 Å². The smallest absolute Gasteiger partial charge is 0.123 e. The molecule has 0 aliphatic heterocycles. The van der Waals surface area contributed by atoms with E-state index in [-0.39, 0.29) is 17.5 Å². The fourth-order valence-electron chi connectivity index (χ4n) is 2.84. The van der Waals surface area contributed by atoms with Crippen LogP contribution in [0.3, 0.4) is 0 Å². The van der Waals surface area contributed by atoms with E-state index in [1.807, 2.05) is 13.0 Å². The minimum absolute atomic E-state index is 0.0805. The summed E-state index contributed by atoms with van der Waals surface area (Å²) in [4.78, 5) is 0. The first-order valence-electron chi connectivity index (χ1n) is 6.67. The van der Waals surface area contributed by atoms with Gasteiger partial charge in [-0.2, -0.15) is 0 Å². The molecule has 0 aromatic heterocycles. The van der Waals surface area contributed by atoms with Crippen LogP contribution >= 0.6 is 0 Å². The molecule has 0 heterocycles. The van der Waals surface area contributed by atoms with Gasteiger partial charge in [0.05, 0.1) is 11.6 Å². The molecule has 1 aromatic carbocycles. The van der Waals surface area contributed by atoms with Gasteiger partial charge in [-0.25, -0.2) is 4.39 Å². The van der Waals surface area contributed by atoms with Crippen molar-refractivity contribution >= 4 is 0 Å². The summed E-state index contributed by atoms with van der Waals surface area (Å²) in [5.41, 5.74) is 1.98. The van der Waals surface area contributed by atoms with Crippen LogP contribution in [0.15, 0.2) is 18.2 Å². The Labute approximate surface area is 109 Å². The van der Waals surface area contributed by atoms with Crippen molar-refractivity contribution in [2.45, 2.75) is 44.8 Å². The summed E-state index contributed by atoms with van der Waals surface area (Å²) >= 11 is 0. The van der Waals surface area contributed by atoms with Gasteiger partial charge in [0.2, 0.25) is 0 Å². The third-order valence-electron chi connectivity index (χ3n) is 4.09. The Morgan fingerprint density at radius 1 is 1.44 bits per heavy atom. The van der Waals surface area contributed by atoms with Crippen molar-refractivity contribution in [2.75, 3.05) is 13.7 Å². The number of likely N-dealkylation sites (N-methyl/N-ethyl adjacent to an activating group) is 1. The lowest BCUT2D eigenvalue weighted by Crippen LogP contribution is -2.50. The molecular formula is C15H22FNO. The summed E-state index contributed by atoms with van der Waals surface area (Å²) in [5, 5.41) is 3.47. The van der Waals surface area contributed by atoms with Crippen molar-refractivity contribution in [3.63, 3.8) is 0 Å². The lowest BCUT2D eigenvalue weighted by molar-refractivity contribution is -0.0996. The number of hydrogen-bond acceptors (Lipinski definition) is 2. The number of hydrogen-bond donors (Lipinski definition) is 1. The molecule has 100 valence electrons. The Bertz CT molecular complexity index is 409. The number of methoxy groups -OCH3 is 1. The maximum absolute atomic E-state index is 13.5. The molecule has 2 nitrogen and oxygen atoms in total. The molecule has 1 saturated carbocycles. The van der Waals surface area contributed by atoms with Gasteiger partial charge in [0.15, 0.2) is 0 Å². The van der Waals surface area contributed by atoms with Crippen molar-refractivity contribution < 1.29 is 9.13 Å². The summed E-state index contributed by atoms with van der Waals surface area (Å²) in [5.74, 6) is -0.177. The minimum atomic E-state index is -0.177. The lowest BCUT2D eigenvalue weighted by atomic mass is 9.71. The highest BCUT2D eigenvalue weighted by molar-refractivity contribution is 5.32. The number of halogens is 1. The first kappa shape index (κ1) is 13.5. The van der Waals surface area contributed by atoms with Gasteiger partial charge in [0.25, 0.3) is 0 Å². The van der Waals surface area contributed by atoms with E-state index in [1.165, 1.54) is 12.5 Å². The summed E-state index contributed by atoms with van der Waals surface area (Å²) < 4.78 is 19.2. The molecule has 1 atom stereocenters. The summed E-state index contributed by atoms with van der Waals surface area (Å²) in [6, 6.07) is 5.08. The van der Waals surface area contributed by atoms with E-state index in [4.69, 9.17) is 4.74 Å². The molecule has 1 unspecified atom stereocenters. The number of nitrogens with one attached hydrogen (secondary N) is 1. The third-order valence-corrected chi connectivity index (χ3v) is 4.09. The summed E-state index contributed by atoms with van der Waals surface area (Å²) in [6.07, 6.45) is 3.26. The van der Waals surface area contributed by atoms with Gasteiger partial charge in [-0.05, 0) is 56.0 Å². The van der Waals surface area contributed by atoms with Crippen molar-refractivity contribution in [1.29, 1.82) is 0 Å². The Morgan fingerprint density at radius 2 is 2.17 bits per heavy atom. The summed E-state index contributed by atoms with van der Waals surface area (Å²) in [7, 11) is 1.76. The van der Waals surface area contributed by atoms with Gasteiger partial charge in [-0.1, -0.05) is 13.0 Å². The molecule has 0 amide bonds. The highest BCUT2D eigenvalue weighted by Crippen LogP contribution is 2.45. The molecule has 1 N–H and O–H groups in total. The van der Waals surface area contributed by atoms with Gasteiger partial charge in [0.1, 0.15) is 5.82 Å². The van der Waals surface area contributed by atoms with E-state index in [0.717, 1.165) is 30.5 Å². The van der Waals surface area contributed by atoms with Crippen molar-refractivity contribution in [2.24, 2.45) is 0 Å². The molecule has 18 heavy (non-hydrogen) atoms. The Kier molecular flexibility index (Phi) is 4.03. The van der Waals surface area contributed by atoms with Crippen molar-refractivity contribution in [3.05, 3.63) is 35.1 Å². The Morgan fingerprint density at radius 3 is 2.67 bits per heavy atom. The largest absolute Gasteiger partial charge is 0.376 e. The molecular weight excluding hydrogens is 229 g/mol. The van der Waals surface area contributed by atoms with Crippen LogP contribution in [0.5, 0.6) is 0 Å². The standard InChI is InChI=1S/C15H22FNO/c1-4-17-14(15(18-3)8-5-9-15)13-10-12(16)7-6-11(13)2/h6-7,10,14,17H,4-5,8-9H2,1-3H3. The van der Waals surface area contributed by atoms with Crippen LogP contribution in [-0.2, 0) is 4.74 Å². The topological polar surface area (TPSA) is 21.3 Å². The van der Waals surface area contributed by atoms with Crippen LogP contribution in [0.2, 0.25) is 0 Å². The van der Waals surface area contributed by atoms with E-state index < -0.39 is 0 Å². The zero-order valence-electron chi connectivity index (χ0n) is 11.4. The maximum atomic E-state index is 13.5. The molecule has 3 heteroatoms. The second-order valence-corrected chi connectivity index (χ2v) is 5.11. The average molecular weight is 251 g/mol. The molecule has 2 rings (SSSR count). The predicted molar refractivity (Wildman–Crippen MR) is 71.1 cm³/mol. The normalized spacial score (nSPS) is 19.3. The van der Waals surface area contributed by atoms with Gasteiger partial charge >= 0.3 is 0 Å². The third kappa shape index (κ3) is 2.29. The molecule has 1 aliphatic rings. The van der Waals surface area contributed by atoms with Gasteiger partial charge in [-0.3, -0.25) is 0 Å². The van der Waals surface area contributed by atoms with Gasteiger partial charge < -0.3 is 10.1 Å². The molecule has 0 radical (unpaired) electrons. The lowest BCUT2D eigenvalue weighted by Gasteiger charge is -2.47. The fraction of sp³-hybridized carbons (Fsp3) is 0.600. The van der Waals surface area contributed by atoms with E-state index in [2.05, 4.69) is 12.2 Å². The first-order valence-corrected chi connectivity index (χ1v) is 6.67. The van der Waals surface area contributed by atoms with Crippen LogP contribution in [0.25, 0.3) is 0 Å².